The summed E-state index contributed by atoms with van der Waals surface area (Å²) >= 11 is 0. The van der Waals surface area contributed by atoms with Gasteiger partial charge in [0, 0.05) is 19.3 Å². The molecule has 0 spiro atoms. The Balaban J connectivity index is 4.24. The summed E-state index contributed by atoms with van der Waals surface area (Å²) in [5, 5.41) is 0. The Morgan fingerprint density at radius 2 is 1.94 bits per heavy atom. The van der Waals surface area contributed by atoms with Crippen LogP contribution in [0, 0.1) is 5.41 Å². The first kappa shape index (κ1) is 15.3. The van der Waals surface area contributed by atoms with Crippen LogP contribution in [0.3, 0.4) is 0 Å². The largest absolute Gasteiger partial charge is 0.304 e. The molecule has 6 nitrogen and oxygen atoms in total. The highest BCUT2D eigenvalue weighted by Crippen LogP contribution is 2.15. The van der Waals surface area contributed by atoms with Crippen LogP contribution in [0.15, 0.2) is 0 Å². The molecule has 0 aliphatic rings. The van der Waals surface area contributed by atoms with Gasteiger partial charge in [-0.15, -0.1) is 0 Å². The van der Waals surface area contributed by atoms with Gasteiger partial charge >= 0.3 is 0 Å². The third-order valence-corrected chi connectivity index (χ3v) is 3.18. The van der Waals surface area contributed by atoms with Gasteiger partial charge in [-0.2, -0.15) is 0 Å². The molecule has 0 atom stereocenters. The van der Waals surface area contributed by atoms with E-state index in [1.165, 1.54) is 6.26 Å². The van der Waals surface area contributed by atoms with Crippen molar-refractivity contribution in [2.45, 2.75) is 13.8 Å². The summed E-state index contributed by atoms with van der Waals surface area (Å²) in [5.74, 6) is 4.89. The summed E-state index contributed by atoms with van der Waals surface area (Å²) in [4.78, 5) is 13.2. The van der Waals surface area contributed by atoms with E-state index in [9.17, 15) is 13.2 Å². The van der Waals surface area contributed by atoms with Crippen molar-refractivity contribution < 1.29 is 13.2 Å². The molecule has 0 aromatic heterocycles. The zero-order valence-corrected chi connectivity index (χ0v) is 11.1. The predicted molar refractivity (Wildman–Crippen MR) is 63.3 cm³/mol. The van der Waals surface area contributed by atoms with Gasteiger partial charge in [-0.1, -0.05) is 0 Å². The number of hydrogen-bond donors (Lipinski definition) is 2. The molecule has 0 aromatic carbocycles. The highest BCUT2D eigenvalue weighted by Gasteiger charge is 2.28. The minimum absolute atomic E-state index is 0.0871. The minimum Gasteiger partial charge on any atom is -0.304 e. The topological polar surface area (TPSA) is 92.5 Å². The molecular weight excluding hydrogens is 230 g/mol. The maximum Gasteiger partial charge on any atom is 0.240 e. The summed E-state index contributed by atoms with van der Waals surface area (Å²) in [7, 11) is -1.19. The van der Waals surface area contributed by atoms with Crippen molar-refractivity contribution in [2.75, 3.05) is 32.1 Å². The van der Waals surface area contributed by atoms with Crippen molar-refractivity contribution in [2.24, 2.45) is 11.3 Å². The second-order valence-electron chi connectivity index (χ2n) is 4.73. The van der Waals surface area contributed by atoms with Crippen LogP contribution in [0.2, 0.25) is 0 Å². The van der Waals surface area contributed by atoms with Crippen molar-refractivity contribution >= 4 is 15.7 Å². The molecule has 0 heterocycles. The van der Waals surface area contributed by atoms with Crippen LogP contribution in [0.4, 0.5) is 0 Å². The van der Waals surface area contributed by atoms with Gasteiger partial charge in [-0.05, 0) is 20.9 Å². The molecule has 0 rings (SSSR count). The number of carbonyl (C=O) groups is 1. The fourth-order valence-electron chi connectivity index (χ4n) is 1.34. The first-order chi connectivity index (χ1) is 7.08. The Bertz CT molecular complexity index is 338. The first-order valence-corrected chi connectivity index (χ1v) is 7.02. The molecule has 0 saturated carbocycles. The van der Waals surface area contributed by atoms with Gasteiger partial charge in [0.15, 0.2) is 0 Å². The van der Waals surface area contributed by atoms with Crippen molar-refractivity contribution in [3.8, 4) is 0 Å². The van der Waals surface area contributed by atoms with E-state index < -0.39 is 15.3 Å². The van der Waals surface area contributed by atoms with Gasteiger partial charge < -0.3 is 4.90 Å². The lowest BCUT2D eigenvalue weighted by molar-refractivity contribution is -0.130. The number of carbonyl (C=O) groups excluding carboxylic acids is 1. The van der Waals surface area contributed by atoms with E-state index in [2.05, 4.69) is 5.43 Å². The lowest BCUT2D eigenvalue weighted by atomic mass is 9.92. The Morgan fingerprint density at radius 3 is 2.31 bits per heavy atom. The minimum atomic E-state index is -2.97. The molecule has 0 aliphatic heterocycles. The van der Waals surface area contributed by atoms with Crippen molar-refractivity contribution in [3.05, 3.63) is 0 Å². The highest BCUT2D eigenvalue weighted by atomic mass is 32.2. The molecule has 0 aromatic rings. The maximum absolute atomic E-state index is 11.4. The number of sulfone groups is 1. The summed E-state index contributed by atoms with van der Waals surface area (Å²) in [6.07, 6.45) is 1.19. The van der Waals surface area contributed by atoms with Crippen LogP contribution >= 0.6 is 0 Å². The fourth-order valence-corrected chi connectivity index (χ4v) is 1.99. The highest BCUT2D eigenvalue weighted by molar-refractivity contribution is 7.90. The Hall–Kier alpha value is -0.660. The molecule has 7 heteroatoms. The Morgan fingerprint density at radius 1 is 1.44 bits per heavy atom. The number of rotatable bonds is 6. The SMILES string of the molecule is CN(CCS(C)(=O)=O)CC(C)(C)C(=O)NN. The van der Waals surface area contributed by atoms with Gasteiger partial charge in [0.05, 0.1) is 11.2 Å². The van der Waals surface area contributed by atoms with E-state index in [0.29, 0.717) is 13.1 Å². The molecule has 0 unspecified atom stereocenters. The van der Waals surface area contributed by atoms with E-state index in [1.807, 2.05) is 0 Å². The van der Waals surface area contributed by atoms with Crippen LogP contribution < -0.4 is 11.3 Å². The van der Waals surface area contributed by atoms with Gasteiger partial charge in [-0.3, -0.25) is 10.2 Å². The quantitative estimate of drug-likeness (QED) is 0.358. The second kappa shape index (κ2) is 5.60. The molecule has 0 saturated heterocycles. The molecule has 0 radical (unpaired) electrons. The number of nitrogens with zero attached hydrogens (tertiary/aromatic N) is 1. The lowest BCUT2D eigenvalue weighted by Crippen LogP contribution is -2.47. The predicted octanol–water partition coefficient (Wildman–Crippen LogP) is -1.02. The van der Waals surface area contributed by atoms with E-state index >= 15 is 0 Å². The average Bonchev–Trinajstić information content (AvgIpc) is 2.11. The van der Waals surface area contributed by atoms with Crippen LogP contribution in [0.1, 0.15) is 13.8 Å². The lowest BCUT2D eigenvalue weighted by Gasteiger charge is -2.28. The van der Waals surface area contributed by atoms with Gasteiger partial charge in [0.1, 0.15) is 9.84 Å². The molecule has 0 bridgehead atoms. The molecule has 1 amide bonds. The molecule has 0 aliphatic carbocycles. The normalized spacial score (nSPS) is 12.9. The molecule has 96 valence electrons. The smallest absolute Gasteiger partial charge is 0.240 e. The number of hydrazine groups is 1. The number of nitrogens with one attached hydrogen (secondary N) is 1. The molecule has 0 fully saturated rings. The number of amides is 1. The second-order valence-corrected chi connectivity index (χ2v) is 6.98. The monoisotopic (exact) mass is 251 g/mol. The van der Waals surface area contributed by atoms with Crippen molar-refractivity contribution in [3.63, 3.8) is 0 Å². The van der Waals surface area contributed by atoms with E-state index in [4.69, 9.17) is 5.84 Å². The summed E-state index contributed by atoms with van der Waals surface area (Å²) in [5.41, 5.74) is 1.46. The summed E-state index contributed by atoms with van der Waals surface area (Å²) < 4.78 is 21.9. The fraction of sp³-hybridized carbons (Fsp3) is 0.889. The van der Waals surface area contributed by atoms with Gasteiger partial charge in [-0.25, -0.2) is 14.3 Å². The van der Waals surface area contributed by atoms with E-state index in [-0.39, 0.29) is 11.7 Å². The summed E-state index contributed by atoms with van der Waals surface area (Å²) in [6.45, 7) is 4.37. The first-order valence-electron chi connectivity index (χ1n) is 4.96. The zero-order valence-electron chi connectivity index (χ0n) is 10.3. The van der Waals surface area contributed by atoms with Crippen LogP contribution in [0.25, 0.3) is 0 Å². The standard InChI is InChI=1S/C9H21N3O3S/c1-9(2,8(13)11-10)7-12(3)5-6-16(4,14)15/h5-7,10H2,1-4H3,(H,11,13). The number of nitrogens with two attached hydrogens (primary N) is 1. The third kappa shape index (κ3) is 6.04. The van der Waals surface area contributed by atoms with Gasteiger partial charge in [0.2, 0.25) is 5.91 Å². The zero-order chi connectivity index (χ0) is 13.0. The number of hydrogen-bond acceptors (Lipinski definition) is 5. The van der Waals surface area contributed by atoms with Gasteiger partial charge in [0.25, 0.3) is 0 Å². The Kier molecular flexibility index (Phi) is 5.37. The maximum atomic E-state index is 11.4. The molecular formula is C9H21N3O3S. The summed E-state index contributed by atoms with van der Waals surface area (Å²) in [6, 6.07) is 0. The van der Waals surface area contributed by atoms with Crippen LogP contribution in [-0.2, 0) is 14.6 Å². The van der Waals surface area contributed by atoms with E-state index in [0.717, 1.165) is 0 Å². The van der Waals surface area contributed by atoms with Crippen molar-refractivity contribution in [1.29, 1.82) is 0 Å². The molecule has 3 N–H and O–H groups in total. The van der Waals surface area contributed by atoms with E-state index in [1.54, 1.807) is 25.8 Å². The van der Waals surface area contributed by atoms with Crippen molar-refractivity contribution in [1.82, 2.24) is 10.3 Å². The Labute approximate surface area is 97.1 Å². The third-order valence-electron chi connectivity index (χ3n) is 2.25. The molecule has 16 heavy (non-hydrogen) atoms. The average molecular weight is 251 g/mol. The van der Waals surface area contributed by atoms with Crippen LogP contribution in [-0.4, -0.2) is 51.4 Å². The van der Waals surface area contributed by atoms with Crippen LogP contribution in [0.5, 0.6) is 0 Å².